The van der Waals surface area contributed by atoms with Crippen LogP contribution in [0.5, 0.6) is 0 Å². The van der Waals surface area contributed by atoms with E-state index in [1.807, 2.05) is 42.5 Å². The zero-order valence-electron chi connectivity index (χ0n) is 18.3. The maximum Gasteiger partial charge on any atom is 0.408 e. The number of rotatable bonds is 8. The summed E-state index contributed by atoms with van der Waals surface area (Å²) in [5.74, 6) is -1.48. The Kier molecular flexibility index (Phi) is 7.12. The zero-order chi connectivity index (χ0) is 23.9. The summed E-state index contributed by atoms with van der Waals surface area (Å²) in [6.45, 7) is 0.965. The lowest BCUT2D eigenvalue weighted by molar-refractivity contribution is -0.145. The fourth-order valence-corrected chi connectivity index (χ4v) is 3.54. The highest BCUT2D eigenvalue weighted by atomic mass is 16.5. The summed E-state index contributed by atoms with van der Waals surface area (Å²) in [4.78, 5) is 46.3. The second-order valence-electron chi connectivity index (χ2n) is 8.01. The monoisotopic (exact) mass is 460 g/mol. The quantitative estimate of drug-likeness (QED) is 0.530. The zero-order valence-corrected chi connectivity index (χ0v) is 18.3. The van der Waals surface area contributed by atoms with Gasteiger partial charge < -0.3 is 20.1 Å². The van der Waals surface area contributed by atoms with Gasteiger partial charge in [-0.3, -0.25) is 4.79 Å². The molecular formula is C25H24N4O5. The van der Waals surface area contributed by atoms with Gasteiger partial charge in [0, 0.05) is 30.6 Å². The van der Waals surface area contributed by atoms with E-state index in [2.05, 4.69) is 15.3 Å². The number of aliphatic carboxylic acids is 1. The predicted octanol–water partition coefficient (Wildman–Crippen LogP) is 2.87. The Hall–Kier alpha value is -4.27. The van der Waals surface area contributed by atoms with Gasteiger partial charge in [0.15, 0.2) is 5.65 Å². The standard InChI is InChI=1S/C25H24N4O5/c30-22(13-21(24(31)32)28-25(33)34-16-17-5-2-1-3-6-17)29-14-18(15-29)8-10-20-11-9-19-7-4-12-26-23(19)27-20/h1-12,18,21H,13-16H2,(H,28,33)(H,31,32)/b10-8+/t21-/m0/s1. The number of nitrogens with zero attached hydrogens (tertiary/aromatic N) is 3. The first kappa shape index (κ1) is 22.9. The van der Waals surface area contributed by atoms with Crippen molar-refractivity contribution in [1.29, 1.82) is 0 Å². The van der Waals surface area contributed by atoms with Gasteiger partial charge >= 0.3 is 12.1 Å². The molecule has 0 spiro atoms. The lowest BCUT2D eigenvalue weighted by Crippen LogP contribution is -2.52. The number of carboxylic acids is 1. The molecule has 1 fully saturated rings. The molecule has 1 aliphatic rings. The van der Waals surface area contributed by atoms with Crippen molar-refractivity contribution in [3.8, 4) is 0 Å². The largest absolute Gasteiger partial charge is 0.480 e. The number of alkyl carbamates (subject to hydrolysis) is 1. The number of hydrogen-bond donors (Lipinski definition) is 2. The van der Waals surface area contributed by atoms with Crippen molar-refractivity contribution in [3.63, 3.8) is 0 Å². The van der Waals surface area contributed by atoms with Crippen LogP contribution >= 0.6 is 0 Å². The number of pyridine rings is 2. The maximum absolute atomic E-state index is 12.5. The number of amides is 2. The minimum absolute atomic E-state index is 0.00915. The van der Waals surface area contributed by atoms with Crippen molar-refractivity contribution in [2.45, 2.75) is 19.1 Å². The molecule has 174 valence electrons. The smallest absolute Gasteiger partial charge is 0.408 e. The summed E-state index contributed by atoms with van der Waals surface area (Å²) in [7, 11) is 0. The van der Waals surface area contributed by atoms with Crippen molar-refractivity contribution in [2.75, 3.05) is 13.1 Å². The van der Waals surface area contributed by atoms with E-state index in [1.165, 1.54) is 0 Å². The molecule has 3 aromatic rings. The highest BCUT2D eigenvalue weighted by Crippen LogP contribution is 2.20. The van der Waals surface area contributed by atoms with Gasteiger partial charge in [-0.05, 0) is 35.9 Å². The molecule has 2 aromatic heterocycles. The van der Waals surface area contributed by atoms with Gasteiger partial charge in [-0.25, -0.2) is 19.6 Å². The number of benzene rings is 1. The van der Waals surface area contributed by atoms with E-state index in [4.69, 9.17) is 4.74 Å². The van der Waals surface area contributed by atoms with Crippen molar-refractivity contribution < 1.29 is 24.2 Å². The van der Waals surface area contributed by atoms with Crippen LogP contribution in [-0.2, 0) is 20.9 Å². The van der Waals surface area contributed by atoms with E-state index in [9.17, 15) is 19.5 Å². The Morgan fingerprint density at radius 2 is 1.91 bits per heavy atom. The van der Waals surface area contributed by atoms with E-state index in [1.54, 1.807) is 35.4 Å². The SMILES string of the molecule is O=C(N[C@@H](CC(=O)N1CC(/C=C/c2ccc3cccnc3n2)C1)C(=O)O)OCc1ccccc1. The topological polar surface area (TPSA) is 122 Å². The van der Waals surface area contributed by atoms with Gasteiger partial charge in [-0.15, -0.1) is 0 Å². The minimum Gasteiger partial charge on any atom is -0.480 e. The summed E-state index contributed by atoms with van der Waals surface area (Å²) in [6.07, 6.45) is 4.34. The summed E-state index contributed by atoms with van der Waals surface area (Å²) in [6, 6.07) is 15.3. The first-order valence-electron chi connectivity index (χ1n) is 10.9. The Morgan fingerprint density at radius 1 is 1.12 bits per heavy atom. The van der Waals surface area contributed by atoms with Gasteiger partial charge in [0.2, 0.25) is 5.91 Å². The Labute approximate surface area is 196 Å². The van der Waals surface area contributed by atoms with Crippen LogP contribution in [0.4, 0.5) is 4.79 Å². The first-order chi connectivity index (χ1) is 16.5. The maximum atomic E-state index is 12.5. The number of hydrogen-bond acceptors (Lipinski definition) is 6. The van der Waals surface area contributed by atoms with Crippen molar-refractivity contribution in [3.05, 3.63) is 78.1 Å². The van der Waals surface area contributed by atoms with E-state index in [0.717, 1.165) is 16.6 Å². The average Bonchev–Trinajstić information content (AvgIpc) is 2.82. The molecule has 34 heavy (non-hydrogen) atoms. The molecule has 0 bridgehead atoms. The lowest BCUT2D eigenvalue weighted by atomic mass is 9.98. The van der Waals surface area contributed by atoms with E-state index >= 15 is 0 Å². The fraction of sp³-hybridized carbons (Fsp3) is 0.240. The molecule has 1 atom stereocenters. The molecule has 1 aliphatic heterocycles. The molecule has 0 radical (unpaired) electrons. The van der Waals surface area contributed by atoms with E-state index in [-0.39, 0.29) is 24.9 Å². The van der Waals surface area contributed by atoms with Crippen LogP contribution in [0.15, 0.2) is 66.9 Å². The number of ether oxygens (including phenoxy) is 1. The number of fused-ring (bicyclic) bond motifs is 1. The summed E-state index contributed by atoms with van der Waals surface area (Å²) in [5, 5.41) is 12.6. The third-order valence-electron chi connectivity index (χ3n) is 5.47. The number of aromatic nitrogens is 2. The molecule has 0 unspecified atom stereocenters. The van der Waals surface area contributed by atoms with Crippen LogP contribution in [0, 0.1) is 5.92 Å². The molecule has 2 amide bonds. The van der Waals surface area contributed by atoms with Gasteiger partial charge in [-0.1, -0.05) is 36.4 Å². The molecule has 0 saturated carbocycles. The predicted molar refractivity (Wildman–Crippen MR) is 124 cm³/mol. The molecule has 4 rings (SSSR count). The highest BCUT2D eigenvalue weighted by Gasteiger charge is 2.32. The van der Waals surface area contributed by atoms with Crippen LogP contribution in [-0.4, -0.2) is 57.1 Å². The molecule has 1 saturated heterocycles. The average molecular weight is 460 g/mol. The third-order valence-corrected chi connectivity index (χ3v) is 5.47. The van der Waals surface area contributed by atoms with Crippen LogP contribution < -0.4 is 5.32 Å². The summed E-state index contributed by atoms with van der Waals surface area (Å²) >= 11 is 0. The van der Waals surface area contributed by atoms with Crippen LogP contribution in [0.1, 0.15) is 17.7 Å². The van der Waals surface area contributed by atoms with Gasteiger partial charge in [0.05, 0.1) is 12.1 Å². The van der Waals surface area contributed by atoms with Gasteiger partial charge in [0.1, 0.15) is 12.6 Å². The number of carbonyl (C=O) groups is 3. The van der Waals surface area contributed by atoms with Crippen molar-refractivity contribution >= 4 is 35.1 Å². The Morgan fingerprint density at radius 3 is 2.68 bits per heavy atom. The first-order valence-corrected chi connectivity index (χ1v) is 10.9. The molecule has 1 aromatic carbocycles. The Balaban J connectivity index is 1.23. The molecule has 3 heterocycles. The van der Waals surface area contributed by atoms with Crippen molar-refractivity contribution in [2.24, 2.45) is 5.92 Å². The molecular weight excluding hydrogens is 436 g/mol. The van der Waals surface area contributed by atoms with Gasteiger partial charge in [0.25, 0.3) is 0 Å². The molecule has 9 heteroatoms. The van der Waals surface area contributed by atoms with Crippen molar-refractivity contribution in [1.82, 2.24) is 20.2 Å². The second kappa shape index (κ2) is 10.6. The summed E-state index contributed by atoms with van der Waals surface area (Å²) in [5.41, 5.74) is 2.22. The number of likely N-dealkylation sites (tertiary alicyclic amines) is 1. The van der Waals surface area contributed by atoms with E-state index in [0.29, 0.717) is 18.7 Å². The molecule has 0 aliphatic carbocycles. The molecule has 2 N–H and O–H groups in total. The molecule has 9 nitrogen and oxygen atoms in total. The second-order valence-corrected chi connectivity index (χ2v) is 8.01. The Bertz CT molecular complexity index is 1210. The summed E-state index contributed by atoms with van der Waals surface area (Å²) < 4.78 is 5.05. The number of nitrogens with one attached hydrogen (secondary N) is 1. The number of carboxylic acid groups (broad SMARTS) is 1. The fourth-order valence-electron chi connectivity index (χ4n) is 3.54. The minimum atomic E-state index is -1.36. The van der Waals surface area contributed by atoms with Crippen LogP contribution in [0.25, 0.3) is 17.1 Å². The van der Waals surface area contributed by atoms with E-state index < -0.39 is 18.1 Å². The van der Waals surface area contributed by atoms with Crippen LogP contribution in [0.2, 0.25) is 0 Å². The lowest BCUT2D eigenvalue weighted by Gasteiger charge is -2.38. The van der Waals surface area contributed by atoms with Gasteiger partial charge in [-0.2, -0.15) is 0 Å². The highest BCUT2D eigenvalue weighted by molar-refractivity contribution is 5.87. The third kappa shape index (κ3) is 5.94. The number of carbonyl (C=O) groups excluding carboxylic acids is 2. The van der Waals surface area contributed by atoms with Crippen LogP contribution in [0.3, 0.4) is 0 Å². The normalized spacial score (nSPS) is 14.5.